The zero-order valence-electron chi connectivity index (χ0n) is 14.6. The Hall–Kier alpha value is -2.42. The summed E-state index contributed by atoms with van der Waals surface area (Å²) in [5.41, 5.74) is 2.75. The Balaban J connectivity index is 1.81. The molecular formula is C24H16S2. The molecule has 0 N–H and O–H groups in total. The second kappa shape index (κ2) is 5.06. The summed E-state index contributed by atoms with van der Waals surface area (Å²) in [5, 5.41) is 15.5. The third-order valence-electron chi connectivity index (χ3n) is 5.65. The Morgan fingerprint density at radius 2 is 0.731 bits per heavy atom. The molecule has 0 saturated carbocycles. The van der Waals surface area contributed by atoms with Crippen LogP contribution in [0.25, 0.3) is 52.5 Å². The Bertz CT molecular complexity index is 1380. The number of aryl methyl sites for hydroxylation is 2. The van der Waals surface area contributed by atoms with Crippen LogP contribution in [0.3, 0.4) is 0 Å². The molecule has 0 bridgehead atoms. The molecule has 0 fully saturated rings. The molecule has 2 heteroatoms. The minimum atomic E-state index is 1.36. The Labute approximate surface area is 159 Å². The van der Waals surface area contributed by atoms with E-state index in [2.05, 4.69) is 73.1 Å². The highest BCUT2D eigenvalue weighted by Gasteiger charge is 2.11. The molecule has 0 aliphatic rings. The molecule has 0 radical (unpaired) electrons. The summed E-state index contributed by atoms with van der Waals surface area (Å²) >= 11 is 3.72. The van der Waals surface area contributed by atoms with E-state index in [1.807, 2.05) is 22.7 Å². The van der Waals surface area contributed by atoms with Crippen molar-refractivity contribution in [3.8, 4) is 0 Å². The highest BCUT2D eigenvalue weighted by atomic mass is 32.1. The lowest BCUT2D eigenvalue weighted by Gasteiger charge is -2.09. The Kier molecular flexibility index (Phi) is 2.87. The molecule has 6 aromatic rings. The van der Waals surface area contributed by atoms with Crippen molar-refractivity contribution in [3.63, 3.8) is 0 Å². The molecule has 6 rings (SSSR count). The Morgan fingerprint density at radius 1 is 0.423 bits per heavy atom. The van der Waals surface area contributed by atoms with Crippen LogP contribution in [0.1, 0.15) is 11.1 Å². The zero-order valence-corrected chi connectivity index (χ0v) is 16.2. The van der Waals surface area contributed by atoms with Gasteiger partial charge in [0.1, 0.15) is 0 Å². The Morgan fingerprint density at radius 3 is 1.15 bits per heavy atom. The monoisotopic (exact) mass is 368 g/mol. The number of hydrogen-bond acceptors (Lipinski definition) is 2. The van der Waals surface area contributed by atoms with E-state index in [9.17, 15) is 0 Å². The predicted molar refractivity (Wildman–Crippen MR) is 119 cm³/mol. The van der Waals surface area contributed by atoms with Crippen molar-refractivity contribution in [1.29, 1.82) is 0 Å². The number of thiophene rings is 2. The van der Waals surface area contributed by atoms with Crippen molar-refractivity contribution in [1.82, 2.24) is 0 Å². The minimum Gasteiger partial charge on any atom is -0.143 e. The maximum Gasteiger partial charge on any atom is 0.0424 e. The number of rotatable bonds is 0. The quantitative estimate of drug-likeness (QED) is 0.237. The fourth-order valence-corrected chi connectivity index (χ4v) is 6.44. The average molecular weight is 369 g/mol. The average Bonchev–Trinajstić information content (AvgIpc) is 3.24. The molecular weight excluding hydrogens is 352 g/mol. The molecule has 0 aliphatic carbocycles. The van der Waals surface area contributed by atoms with Gasteiger partial charge in [-0.3, -0.25) is 0 Å². The van der Waals surface area contributed by atoms with Gasteiger partial charge in [0.15, 0.2) is 0 Å². The van der Waals surface area contributed by atoms with E-state index < -0.39 is 0 Å². The van der Waals surface area contributed by atoms with E-state index in [1.165, 1.54) is 63.6 Å². The van der Waals surface area contributed by atoms with E-state index in [0.29, 0.717) is 0 Å². The summed E-state index contributed by atoms with van der Waals surface area (Å²) in [6.45, 7) is 4.40. The SMILES string of the molecule is Cc1csc2c1ccc1c3ccc4c(ccc5c(C)csc54)c3ccc12. The van der Waals surface area contributed by atoms with Gasteiger partial charge in [0, 0.05) is 20.2 Å². The molecule has 0 unspecified atom stereocenters. The van der Waals surface area contributed by atoms with Crippen LogP contribution >= 0.6 is 22.7 Å². The summed E-state index contributed by atoms with van der Waals surface area (Å²) in [7, 11) is 0. The lowest BCUT2D eigenvalue weighted by Crippen LogP contribution is -1.82. The first-order valence-electron chi connectivity index (χ1n) is 8.85. The van der Waals surface area contributed by atoms with E-state index in [0.717, 1.165) is 0 Å². The summed E-state index contributed by atoms with van der Waals surface area (Å²) in [4.78, 5) is 0. The summed E-state index contributed by atoms with van der Waals surface area (Å²) < 4.78 is 2.82. The highest BCUT2D eigenvalue weighted by Crippen LogP contribution is 2.40. The second-order valence-electron chi connectivity index (χ2n) is 7.14. The van der Waals surface area contributed by atoms with Crippen LogP contribution in [0, 0.1) is 13.8 Å². The van der Waals surface area contributed by atoms with Crippen molar-refractivity contribution < 1.29 is 0 Å². The van der Waals surface area contributed by atoms with Crippen molar-refractivity contribution in [2.24, 2.45) is 0 Å². The molecule has 0 atom stereocenters. The van der Waals surface area contributed by atoms with Gasteiger partial charge in [-0.2, -0.15) is 0 Å². The maximum atomic E-state index is 2.32. The second-order valence-corrected chi connectivity index (χ2v) is 8.90. The molecule has 124 valence electrons. The van der Waals surface area contributed by atoms with Gasteiger partial charge in [-0.1, -0.05) is 48.5 Å². The van der Waals surface area contributed by atoms with Crippen molar-refractivity contribution in [3.05, 3.63) is 70.4 Å². The van der Waals surface area contributed by atoms with Crippen LogP contribution < -0.4 is 0 Å². The highest BCUT2D eigenvalue weighted by molar-refractivity contribution is 7.18. The molecule has 0 saturated heterocycles. The van der Waals surface area contributed by atoms with Crippen LogP contribution in [-0.4, -0.2) is 0 Å². The van der Waals surface area contributed by atoms with Crippen LogP contribution in [0.15, 0.2) is 59.3 Å². The summed E-state index contributed by atoms with van der Waals surface area (Å²) in [6, 6.07) is 18.5. The third-order valence-corrected chi connectivity index (χ3v) is 7.95. The van der Waals surface area contributed by atoms with Gasteiger partial charge >= 0.3 is 0 Å². The number of hydrogen-bond donors (Lipinski definition) is 0. The standard InChI is InChI=1S/C24H16S2/c1-13-11-25-23-15(13)3-5-19-17-8-10-22-20(18(17)7-9-21(19)23)6-4-16-14(2)12-26-24(16)22/h3-12H,1-2H3. The fourth-order valence-electron chi connectivity index (χ4n) is 4.28. The lowest BCUT2D eigenvalue weighted by molar-refractivity contribution is 1.60. The first-order valence-corrected chi connectivity index (χ1v) is 10.6. The molecule has 2 heterocycles. The van der Waals surface area contributed by atoms with E-state index in [-0.39, 0.29) is 0 Å². The first kappa shape index (κ1) is 14.7. The normalized spacial score (nSPS) is 12.2. The molecule has 0 aliphatic heterocycles. The van der Waals surface area contributed by atoms with E-state index in [1.54, 1.807) is 0 Å². The first-order chi connectivity index (χ1) is 12.7. The largest absolute Gasteiger partial charge is 0.143 e. The van der Waals surface area contributed by atoms with Gasteiger partial charge in [-0.15, -0.1) is 22.7 Å². The van der Waals surface area contributed by atoms with Gasteiger partial charge in [0.05, 0.1) is 0 Å². The van der Waals surface area contributed by atoms with Gasteiger partial charge in [0.2, 0.25) is 0 Å². The molecule has 0 nitrogen and oxygen atoms in total. The van der Waals surface area contributed by atoms with Crippen molar-refractivity contribution in [2.75, 3.05) is 0 Å². The topological polar surface area (TPSA) is 0 Å². The van der Waals surface area contributed by atoms with Gasteiger partial charge in [-0.25, -0.2) is 0 Å². The molecule has 4 aromatic carbocycles. The van der Waals surface area contributed by atoms with Gasteiger partial charge < -0.3 is 0 Å². The number of benzene rings is 4. The van der Waals surface area contributed by atoms with Crippen LogP contribution in [0.5, 0.6) is 0 Å². The third kappa shape index (κ3) is 1.78. The predicted octanol–water partition coefficient (Wildman–Crippen LogP) is 8.19. The molecule has 2 aromatic heterocycles. The van der Waals surface area contributed by atoms with Crippen LogP contribution in [-0.2, 0) is 0 Å². The molecule has 26 heavy (non-hydrogen) atoms. The van der Waals surface area contributed by atoms with Crippen LogP contribution in [0.2, 0.25) is 0 Å². The van der Waals surface area contributed by atoms with Crippen molar-refractivity contribution in [2.45, 2.75) is 13.8 Å². The summed E-state index contributed by atoms with van der Waals surface area (Å²) in [6.07, 6.45) is 0. The van der Waals surface area contributed by atoms with Crippen LogP contribution in [0.4, 0.5) is 0 Å². The fraction of sp³-hybridized carbons (Fsp3) is 0.0833. The minimum absolute atomic E-state index is 1.36. The van der Waals surface area contributed by atoms with Crippen molar-refractivity contribution >= 4 is 75.2 Å². The van der Waals surface area contributed by atoms with E-state index in [4.69, 9.17) is 0 Å². The zero-order chi connectivity index (χ0) is 17.4. The molecule has 0 spiro atoms. The molecule has 0 amide bonds. The van der Waals surface area contributed by atoms with Gasteiger partial charge in [-0.05, 0) is 68.1 Å². The van der Waals surface area contributed by atoms with Gasteiger partial charge in [0.25, 0.3) is 0 Å². The van der Waals surface area contributed by atoms with E-state index >= 15 is 0 Å². The number of fused-ring (bicyclic) bond motifs is 9. The summed E-state index contributed by atoms with van der Waals surface area (Å²) in [5.74, 6) is 0. The lowest BCUT2D eigenvalue weighted by atomic mass is 9.95. The smallest absolute Gasteiger partial charge is 0.0424 e. The maximum absolute atomic E-state index is 2.32.